The fourth-order valence-corrected chi connectivity index (χ4v) is 9.03. The summed E-state index contributed by atoms with van der Waals surface area (Å²) in [6, 6.07) is 0. The summed E-state index contributed by atoms with van der Waals surface area (Å²) in [4.78, 5) is 76.0. The molecule has 0 aromatic rings. The van der Waals surface area contributed by atoms with Crippen LogP contribution in [-0.2, 0) is 66.7 Å². The van der Waals surface area contributed by atoms with Crippen molar-refractivity contribution in [2.45, 2.75) is 367 Å². The molecule has 0 aliphatic heterocycles. The molecule has 0 fully saturated rings. The molecule has 0 aromatic heterocycles. The predicted octanol–water partition coefficient (Wildman–Crippen LogP) is 25.0. The van der Waals surface area contributed by atoms with Crippen molar-refractivity contribution in [3.05, 3.63) is 86.6 Å². The van der Waals surface area contributed by atoms with Crippen molar-refractivity contribution in [1.29, 1.82) is 0 Å². The average molecular weight is 1430 g/mol. The monoisotopic (exact) mass is 1430 g/mol. The highest BCUT2D eigenvalue weighted by atomic mass is 16.6. The molecule has 0 saturated heterocycles. The van der Waals surface area contributed by atoms with Gasteiger partial charge in [-0.25, -0.2) is 33.6 Å². The molecule has 0 radical (unpaired) electrons. The van der Waals surface area contributed by atoms with Crippen LogP contribution in [0.1, 0.15) is 367 Å². The Morgan fingerprint density at radius 2 is 0.465 bits per heavy atom. The Hall–Kier alpha value is -5.53. The molecule has 0 aliphatic carbocycles. The minimum atomic E-state index is -0.316. The first-order valence-electron chi connectivity index (χ1n) is 40.0. The van der Waals surface area contributed by atoms with E-state index in [4.69, 9.17) is 33.2 Å². The SMILES string of the molecule is C=C(C)C(=O)OCC(CC)CCCC.C=C(C)C(=O)OCCCCCC(C)C.C=C(C)C(=O)OCCCCCCCCC.C=C(C)C(=O)OCCCCCCCCCC.C=CC(=O)OCCCCCC(C)C.C=CC(=O)OCCCCCCCCC.C=CC(=O)OCCCCCCCCCC. The Morgan fingerprint density at radius 3 is 0.663 bits per heavy atom. The lowest BCUT2D eigenvalue weighted by molar-refractivity contribution is -0.141. The Labute approximate surface area is 622 Å². The minimum Gasteiger partial charge on any atom is -0.463 e. The maximum Gasteiger partial charge on any atom is 0.333 e. The van der Waals surface area contributed by atoms with Crippen LogP contribution in [0.5, 0.6) is 0 Å². The Balaban J connectivity index is -0.000000204. The van der Waals surface area contributed by atoms with Crippen molar-refractivity contribution < 1.29 is 66.7 Å². The maximum atomic E-state index is 11.1. The van der Waals surface area contributed by atoms with E-state index in [0.717, 1.165) is 102 Å². The van der Waals surface area contributed by atoms with Gasteiger partial charge in [-0.3, -0.25) is 0 Å². The number of rotatable bonds is 59. The molecule has 14 nitrogen and oxygen atoms in total. The molecule has 0 N–H and O–H groups in total. The van der Waals surface area contributed by atoms with Gasteiger partial charge in [0, 0.05) is 40.5 Å². The molecule has 0 amide bonds. The number of carbonyl (C=O) groups excluding carboxylic acids is 7. The molecule has 101 heavy (non-hydrogen) atoms. The fourth-order valence-electron chi connectivity index (χ4n) is 9.03. The zero-order chi connectivity index (χ0) is 77.8. The van der Waals surface area contributed by atoms with Crippen molar-refractivity contribution >= 4 is 41.8 Å². The van der Waals surface area contributed by atoms with Crippen LogP contribution in [0.3, 0.4) is 0 Å². The second-order valence-corrected chi connectivity index (χ2v) is 27.3. The van der Waals surface area contributed by atoms with Crippen molar-refractivity contribution in [1.82, 2.24) is 0 Å². The largest absolute Gasteiger partial charge is 0.463 e. The smallest absolute Gasteiger partial charge is 0.333 e. The van der Waals surface area contributed by atoms with Crippen LogP contribution in [0.15, 0.2) is 86.6 Å². The topological polar surface area (TPSA) is 184 Å². The lowest BCUT2D eigenvalue weighted by Gasteiger charge is -2.14. The highest BCUT2D eigenvalue weighted by Crippen LogP contribution is 2.15. The van der Waals surface area contributed by atoms with Gasteiger partial charge in [0.05, 0.1) is 46.2 Å². The highest BCUT2D eigenvalue weighted by Gasteiger charge is 2.11. The summed E-state index contributed by atoms with van der Waals surface area (Å²) < 4.78 is 34.7. The number of ether oxygens (including phenoxy) is 7. The Bertz CT molecular complexity index is 2000. The molecule has 1 unspecified atom stereocenters. The zero-order valence-electron chi connectivity index (χ0n) is 68.3. The molecule has 0 heterocycles. The van der Waals surface area contributed by atoms with E-state index in [1.54, 1.807) is 27.7 Å². The summed E-state index contributed by atoms with van der Waals surface area (Å²) in [7, 11) is 0. The summed E-state index contributed by atoms with van der Waals surface area (Å²) in [6.07, 6.45) is 54.9. The van der Waals surface area contributed by atoms with E-state index >= 15 is 0 Å². The summed E-state index contributed by atoms with van der Waals surface area (Å²) in [5, 5.41) is 0. The van der Waals surface area contributed by atoms with Crippen LogP contribution in [0.4, 0.5) is 0 Å². The van der Waals surface area contributed by atoms with Gasteiger partial charge in [-0.05, 0) is 90.4 Å². The van der Waals surface area contributed by atoms with Crippen LogP contribution in [-0.4, -0.2) is 88.0 Å². The predicted molar refractivity (Wildman–Crippen MR) is 428 cm³/mol. The number of esters is 7. The van der Waals surface area contributed by atoms with E-state index in [0.29, 0.717) is 74.5 Å². The molecule has 0 aliphatic rings. The van der Waals surface area contributed by atoms with E-state index in [2.05, 4.69) is 115 Å². The molecule has 14 heteroatoms. The number of carbonyl (C=O) groups is 7. The summed E-state index contributed by atoms with van der Waals surface area (Å²) in [5.74, 6) is 0.0671. The van der Waals surface area contributed by atoms with Gasteiger partial charge in [0.25, 0.3) is 0 Å². The quantitative estimate of drug-likeness (QED) is 0.0242. The van der Waals surface area contributed by atoms with Crippen LogP contribution >= 0.6 is 0 Å². The molecular weight excluding hydrogens is 1270 g/mol. The highest BCUT2D eigenvalue weighted by molar-refractivity contribution is 5.88. The van der Waals surface area contributed by atoms with Crippen molar-refractivity contribution in [2.75, 3.05) is 46.2 Å². The lowest BCUT2D eigenvalue weighted by atomic mass is 10.0. The second-order valence-electron chi connectivity index (χ2n) is 27.3. The van der Waals surface area contributed by atoms with Gasteiger partial charge in [-0.15, -0.1) is 0 Å². The molecule has 1 atom stereocenters. The number of unbranched alkanes of at least 4 members (excludes halogenated alkanes) is 31. The minimum absolute atomic E-state index is 0.261. The molecule has 0 saturated carbocycles. The summed E-state index contributed by atoms with van der Waals surface area (Å²) in [5.41, 5.74) is 1.93. The van der Waals surface area contributed by atoms with Crippen LogP contribution < -0.4 is 0 Å². The third kappa shape index (κ3) is 106. The lowest BCUT2D eigenvalue weighted by Crippen LogP contribution is -2.14. The number of hydrogen-bond acceptors (Lipinski definition) is 14. The van der Waals surface area contributed by atoms with Crippen molar-refractivity contribution in [3.63, 3.8) is 0 Å². The van der Waals surface area contributed by atoms with Gasteiger partial charge in [0.1, 0.15) is 0 Å². The zero-order valence-corrected chi connectivity index (χ0v) is 68.3. The molecule has 0 rings (SSSR count). The first kappa shape index (κ1) is 109. The van der Waals surface area contributed by atoms with E-state index in [1.807, 2.05) is 0 Å². The first-order valence-corrected chi connectivity index (χ1v) is 40.0. The number of hydrogen-bond donors (Lipinski definition) is 0. The van der Waals surface area contributed by atoms with E-state index in [9.17, 15) is 33.6 Å². The van der Waals surface area contributed by atoms with E-state index in [-0.39, 0.29) is 41.8 Å². The normalized spacial score (nSPS) is 10.3. The molecule has 0 aromatic carbocycles. The molecule has 592 valence electrons. The van der Waals surface area contributed by atoms with Gasteiger partial charge < -0.3 is 33.2 Å². The van der Waals surface area contributed by atoms with Gasteiger partial charge in [-0.1, -0.05) is 340 Å². The average Bonchev–Trinajstić information content (AvgIpc) is 1.86. The van der Waals surface area contributed by atoms with Crippen molar-refractivity contribution in [3.8, 4) is 0 Å². The molecule has 0 spiro atoms. The second kappa shape index (κ2) is 90.6. The van der Waals surface area contributed by atoms with Crippen LogP contribution in [0.2, 0.25) is 0 Å². The first-order chi connectivity index (χ1) is 48.3. The third-order valence-corrected chi connectivity index (χ3v) is 15.7. The van der Waals surface area contributed by atoms with Gasteiger partial charge >= 0.3 is 41.8 Å². The third-order valence-electron chi connectivity index (χ3n) is 15.7. The Morgan fingerprint density at radius 1 is 0.267 bits per heavy atom. The van der Waals surface area contributed by atoms with E-state index < -0.39 is 0 Å². The van der Waals surface area contributed by atoms with Crippen molar-refractivity contribution in [2.24, 2.45) is 17.8 Å². The van der Waals surface area contributed by atoms with Gasteiger partial charge in [0.15, 0.2) is 0 Å². The maximum absolute atomic E-state index is 11.1. The Kier molecular flexibility index (Phi) is 97.6. The van der Waals surface area contributed by atoms with E-state index in [1.165, 1.54) is 198 Å². The van der Waals surface area contributed by atoms with Crippen LogP contribution in [0, 0.1) is 17.8 Å². The van der Waals surface area contributed by atoms with Gasteiger partial charge in [0.2, 0.25) is 0 Å². The molecule has 0 bridgehead atoms. The standard InChI is InChI=1S/C14H26O2.2C13H24O2.3C12H22O2.C11H20O2/c1-4-5-6-7-8-9-10-11-12-16-14(15)13(2)3;1-4-5-6-7-8-9-10-11-15-13(14)12(2)3;1-3-5-6-7-8-9-10-11-12-15-13(14)4-2;1-10(2)8-6-5-7-9-14-12(13)11(3)4;1-5-7-8-11(6-2)9-14-12(13)10(3)4;1-3-5-6-7-8-9-10-11-14-12(13)4-2;1-4-11(12)13-9-7-5-6-8-10(2)3/h2,4-12H2,1,3H3;2,4-11H2,1,3H3;4H,2-3,5-12H2,1H3;10H,3,5-9H2,1-2,4H3;11H,3,5-9H2,1-2,4H3;4H,2-3,5-11H2,1H3;4,10H,1,5-9H2,2-3H3. The fraction of sp³-hybridized carbons (Fsp3) is 0.759. The van der Waals surface area contributed by atoms with Crippen LogP contribution in [0.25, 0.3) is 0 Å². The molecular formula is C87H160O14. The summed E-state index contributed by atoms with van der Waals surface area (Å²) >= 11 is 0. The van der Waals surface area contributed by atoms with Gasteiger partial charge in [-0.2, -0.15) is 0 Å². The summed E-state index contributed by atoms with van der Waals surface area (Å²) in [6.45, 7) is 56.7.